The molecular weight excluding hydrogens is 280 g/mol. The number of thioether (sulfide) groups is 1. The normalized spacial score (nSPS) is 27.6. The largest absolute Gasteiger partial charge is 0.345 e. The second-order valence-corrected chi connectivity index (χ2v) is 5.99. The lowest BCUT2D eigenvalue weighted by atomic mass is 10.0. The first kappa shape index (κ1) is 12.2. The van der Waals surface area contributed by atoms with Gasteiger partial charge in [-0.1, -0.05) is 6.07 Å². The smallest absolute Gasteiger partial charge is 0.149 e. The van der Waals surface area contributed by atoms with Crippen LogP contribution in [-0.2, 0) is 0 Å². The van der Waals surface area contributed by atoms with Gasteiger partial charge in [-0.2, -0.15) is 0 Å². The Morgan fingerprint density at radius 2 is 2.05 bits per heavy atom. The predicted octanol–water partition coefficient (Wildman–Crippen LogP) is 2.45. The summed E-state index contributed by atoms with van der Waals surface area (Å²) in [5, 5.41) is 3.42. The van der Waals surface area contributed by atoms with E-state index in [1.54, 1.807) is 4.90 Å². The number of hydrogen-bond donors (Lipinski definition) is 1. The minimum absolute atomic E-state index is 0.0234. The van der Waals surface area contributed by atoms with Crippen LogP contribution in [0.4, 0.5) is 14.5 Å². The number of nitrogens with zero attached hydrogens (tertiary/aromatic N) is 2. The molecule has 2 saturated heterocycles. The van der Waals surface area contributed by atoms with Gasteiger partial charge in [-0.3, -0.25) is 5.32 Å². The van der Waals surface area contributed by atoms with Gasteiger partial charge in [0.25, 0.3) is 0 Å². The minimum Gasteiger partial charge on any atom is -0.345 e. The molecule has 3 aliphatic rings. The molecule has 0 aliphatic carbocycles. The maximum Gasteiger partial charge on any atom is 0.149 e. The van der Waals surface area contributed by atoms with Gasteiger partial charge in [0.15, 0.2) is 0 Å². The van der Waals surface area contributed by atoms with Crippen molar-refractivity contribution < 1.29 is 8.78 Å². The number of anilines is 1. The number of halogens is 2. The molecule has 1 N–H and O–H groups in total. The summed E-state index contributed by atoms with van der Waals surface area (Å²) in [5.41, 5.74) is 0.609. The zero-order valence-electron chi connectivity index (χ0n) is 10.6. The first-order valence-corrected chi connectivity index (χ1v) is 7.58. The maximum absolute atomic E-state index is 14.0. The van der Waals surface area contributed by atoms with Crippen LogP contribution < -0.4 is 10.2 Å². The highest BCUT2D eigenvalue weighted by Gasteiger charge is 2.51. The quantitative estimate of drug-likeness (QED) is 0.857. The molecule has 0 bridgehead atoms. The third-order valence-corrected chi connectivity index (χ3v) is 5.09. The fraction of sp³-hybridized carbons (Fsp3) is 0.286. The van der Waals surface area contributed by atoms with E-state index in [9.17, 15) is 8.78 Å². The van der Waals surface area contributed by atoms with Gasteiger partial charge >= 0.3 is 0 Å². The molecule has 4 rings (SSSR count). The minimum atomic E-state index is -0.531. The van der Waals surface area contributed by atoms with E-state index in [0.717, 1.165) is 17.3 Å². The highest BCUT2D eigenvalue weighted by molar-refractivity contribution is 7.99. The van der Waals surface area contributed by atoms with Crippen molar-refractivity contribution in [2.24, 2.45) is 0 Å². The van der Waals surface area contributed by atoms with Crippen LogP contribution in [0.1, 0.15) is 0 Å². The lowest BCUT2D eigenvalue weighted by Gasteiger charge is -2.37. The Kier molecular flexibility index (Phi) is 2.59. The van der Waals surface area contributed by atoms with Crippen molar-refractivity contribution in [1.29, 1.82) is 0 Å². The molecule has 2 fully saturated rings. The van der Waals surface area contributed by atoms with Crippen molar-refractivity contribution in [3.05, 3.63) is 53.9 Å². The molecule has 1 aromatic rings. The number of benzene rings is 1. The number of rotatable bonds is 1. The molecule has 3 nitrogen and oxygen atoms in total. The summed E-state index contributed by atoms with van der Waals surface area (Å²) >= 11 is 1.81. The third kappa shape index (κ3) is 1.49. The van der Waals surface area contributed by atoms with Gasteiger partial charge in [-0.05, 0) is 24.3 Å². The van der Waals surface area contributed by atoms with Crippen LogP contribution in [0.15, 0.2) is 42.2 Å². The van der Waals surface area contributed by atoms with Gasteiger partial charge in [0.2, 0.25) is 0 Å². The second kappa shape index (κ2) is 4.23. The van der Waals surface area contributed by atoms with Crippen molar-refractivity contribution in [2.75, 3.05) is 23.2 Å². The summed E-state index contributed by atoms with van der Waals surface area (Å²) in [6.45, 7) is 0.405. The lowest BCUT2D eigenvalue weighted by molar-refractivity contribution is 0.231. The van der Waals surface area contributed by atoms with Crippen LogP contribution in [0, 0.1) is 11.6 Å². The SMILES string of the molecule is Fc1cccc(F)c1N1CNC23CSCN2C=CC=C13. The standard InChI is InChI=1S/C14H13F2N3S/c15-10-3-1-4-11(16)13(10)19-8-17-14-7-20-9-18(14)6-2-5-12(14)19/h1-6,17H,7-9H2. The number of para-hydroxylation sites is 1. The fourth-order valence-electron chi connectivity index (χ4n) is 3.05. The van der Waals surface area contributed by atoms with Crippen LogP contribution in [0.2, 0.25) is 0 Å². The number of allylic oxidation sites excluding steroid dienone is 2. The summed E-state index contributed by atoms with van der Waals surface area (Å²) in [7, 11) is 0. The van der Waals surface area contributed by atoms with E-state index < -0.39 is 11.6 Å². The lowest BCUT2D eigenvalue weighted by Crippen LogP contribution is -2.53. The first-order valence-electron chi connectivity index (χ1n) is 6.42. The van der Waals surface area contributed by atoms with E-state index in [1.165, 1.54) is 18.2 Å². The number of nitrogens with one attached hydrogen (secondary N) is 1. The van der Waals surface area contributed by atoms with E-state index in [0.29, 0.717) is 6.67 Å². The molecule has 6 heteroatoms. The highest BCUT2D eigenvalue weighted by atomic mass is 32.2. The van der Waals surface area contributed by atoms with Gasteiger partial charge in [0.1, 0.15) is 23.0 Å². The summed E-state index contributed by atoms with van der Waals surface area (Å²) in [5.74, 6) is 0.692. The molecule has 0 radical (unpaired) electrons. The number of hydrogen-bond acceptors (Lipinski definition) is 4. The zero-order valence-corrected chi connectivity index (χ0v) is 11.5. The Morgan fingerprint density at radius 3 is 2.85 bits per heavy atom. The first-order chi connectivity index (χ1) is 9.72. The maximum atomic E-state index is 14.0. The molecule has 1 aromatic carbocycles. The van der Waals surface area contributed by atoms with Crippen LogP contribution in [0.25, 0.3) is 0 Å². The fourth-order valence-corrected chi connectivity index (χ4v) is 4.36. The Hall–Kier alpha value is -1.53. The van der Waals surface area contributed by atoms with E-state index in [4.69, 9.17) is 0 Å². The average Bonchev–Trinajstić information content (AvgIpc) is 3.00. The molecule has 104 valence electrons. The van der Waals surface area contributed by atoms with Crippen LogP contribution in [0.5, 0.6) is 0 Å². The van der Waals surface area contributed by atoms with Gasteiger partial charge in [0, 0.05) is 12.0 Å². The van der Waals surface area contributed by atoms with Gasteiger partial charge in [-0.25, -0.2) is 8.78 Å². The molecule has 0 amide bonds. The summed E-state index contributed by atoms with van der Waals surface area (Å²) in [6.07, 6.45) is 5.89. The molecule has 20 heavy (non-hydrogen) atoms. The van der Waals surface area contributed by atoms with E-state index in [2.05, 4.69) is 10.2 Å². The molecule has 0 aromatic heterocycles. The summed E-state index contributed by atoms with van der Waals surface area (Å²) in [4.78, 5) is 3.89. The Bertz CT molecular complexity index is 611. The van der Waals surface area contributed by atoms with Crippen molar-refractivity contribution in [3.8, 4) is 0 Å². The van der Waals surface area contributed by atoms with Crippen molar-refractivity contribution >= 4 is 17.4 Å². The van der Waals surface area contributed by atoms with E-state index in [-0.39, 0.29) is 11.4 Å². The topological polar surface area (TPSA) is 18.5 Å². The highest BCUT2D eigenvalue weighted by Crippen LogP contribution is 2.43. The van der Waals surface area contributed by atoms with Crippen LogP contribution >= 0.6 is 11.8 Å². The van der Waals surface area contributed by atoms with E-state index >= 15 is 0 Å². The molecule has 3 heterocycles. The molecule has 0 saturated carbocycles. The molecular formula is C14H13F2N3S. The Morgan fingerprint density at radius 1 is 1.25 bits per heavy atom. The van der Waals surface area contributed by atoms with Crippen LogP contribution in [0.3, 0.4) is 0 Å². The van der Waals surface area contributed by atoms with Crippen molar-refractivity contribution in [3.63, 3.8) is 0 Å². The van der Waals surface area contributed by atoms with Gasteiger partial charge < -0.3 is 9.80 Å². The van der Waals surface area contributed by atoms with Crippen LogP contribution in [-0.4, -0.2) is 28.9 Å². The molecule has 1 spiro atoms. The van der Waals surface area contributed by atoms with Gasteiger partial charge in [0.05, 0.1) is 18.2 Å². The zero-order chi connectivity index (χ0) is 13.7. The molecule has 1 unspecified atom stereocenters. The van der Waals surface area contributed by atoms with Crippen molar-refractivity contribution in [1.82, 2.24) is 10.2 Å². The Balaban J connectivity index is 1.82. The predicted molar refractivity (Wildman–Crippen MR) is 76.0 cm³/mol. The molecule has 3 aliphatic heterocycles. The summed E-state index contributed by atoms with van der Waals surface area (Å²) in [6, 6.07) is 3.98. The monoisotopic (exact) mass is 293 g/mol. The van der Waals surface area contributed by atoms with Crippen molar-refractivity contribution in [2.45, 2.75) is 5.66 Å². The second-order valence-electron chi connectivity index (χ2n) is 5.03. The third-order valence-electron chi connectivity index (χ3n) is 4.00. The Labute approximate surface area is 119 Å². The average molecular weight is 293 g/mol. The van der Waals surface area contributed by atoms with Gasteiger partial charge in [-0.15, -0.1) is 11.8 Å². The summed E-state index contributed by atoms with van der Waals surface area (Å²) < 4.78 is 28.1. The van der Waals surface area contributed by atoms with E-state index in [1.807, 2.05) is 30.1 Å². The molecule has 1 atom stereocenters.